The molecule has 1 amide bonds. The molecule has 0 unspecified atom stereocenters. The van der Waals surface area contributed by atoms with Crippen LogP contribution in [-0.2, 0) is 23.1 Å². The third-order valence-corrected chi connectivity index (χ3v) is 7.33. The number of carbonyl (C=O) groups excluding carboxylic acids is 1. The van der Waals surface area contributed by atoms with Crippen molar-refractivity contribution in [3.8, 4) is 17.2 Å². The summed E-state index contributed by atoms with van der Waals surface area (Å²) in [5, 5.41) is 13.7. The van der Waals surface area contributed by atoms with Crippen LogP contribution in [0.3, 0.4) is 0 Å². The van der Waals surface area contributed by atoms with Crippen LogP contribution in [0.4, 0.5) is 4.39 Å². The molecule has 1 aliphatic rings. The molecule has 12 heteroatoms. The number of benzene rings is 3. The summed E-state index contributed by atoms with van der Waals surface area (Å²) in [4.78, 5) is 16.2. The van der Waals surface area contributed by atoms with Crippen molar-refractivity contribution < 1.29 is 32.2 Å². The lowest BCUT2D eigenvalue weighted by molar-refractivity contribution is 0.0948. The number of fused-ring (bicyclic) bond motifs is 2. The smallest absolute Gasteiger partial charge is 0.256 e. The van der Waals surface area contributed by atoms with Crippen molar-refractivity contribution in [2.24, 2.45) is 0 Å². The second-order valence-electron chi connectivity index (χ2n) is 8.14. The van der Waals surface area contributed by atoms with Gasteiger partial charge in [0, 0.05) is 29.7 Å². The molecule has 9 nitrogen and oxygen atoms in total. The summed E-state index contributed by atoms with van der Waals surface area (Å²) in [6.45, 7) is 0.121. The Balaban J connectivity index is 1.38. The number of nitrogens with zero attached hydrogens (tertiary/aromatic N) is 1. The predicted octanol–water partition coefficient (Wildman–Crippen LogP) is 3.87. The zero-order valence-corrected chi connectivity index (χ0v) is 20.6. The van der Waals surface area contributed by atoms with Crippen LogP contribution in [0.15, 0.2) is 65.7 Å². The molecule has 190 valence electrons. The zero-order valence-electron chi connectivity index (χ0n) is 19.0. The van der Waals surface area contributed by atoms with Gasteiger partial charge in [0.05, 0.1) is 4.90 Å². The van der Waals surface area contributed by atoms with E-state index in [1.807, 2.05) is 0 Å². The van der Waals surface area contributed by atoms with Gasteiger partial charge in [0.1, 0.15) is 16.8 Å². The van der Waals surface area contributed by atoms with E-state index < -0.39 is 32.4 Å². The monoisotopic (exact) mass is 543 g/mol. The summed E-state index contributed by atoms with van der Waals surface area (Å²) < 4.78 is 53.6. The second-order valence-corrected chi connectivity index (χ2v) is 10.3. The van der Waals surface area contributed by atoms with Gasteiger partial charge in [-0.2, -0.15) is 0 Å². The molecule has 0 aliphatic carbocycles. The van der Waals surface area contributed by atoms with Crippen LogP contribution in [0, 0.1) is 5.82 Å². The number of sulfonamides is 1. The number of amides is 1. The quantitative estimate of drug-likeness (QED) is 0.323. The van der Waals surface area contributed by atoms with E-state index >= 15 is 0 Å². The van der Waals surface area contributed by atoms with Gasteiger partial charge in [-0.3, -0.25) is 9.78 Å². The average molecular weight is 544 g/mol. The van der Waals surface area contributed by atoms with Crippen molar-refractivity contribution in [3.63, 3.8) is 0 Å². The number of halogens is 2. The summed E-state index contributed by atoms with van der Waals surface area (Å²) in [5.41, 5.74) is 0.849. The fourth-order valence-corrected chi connectivity index (χ4v) is 4.92. The SMILES string of the molecule is O=C(NCc1ccc(Cl)cc1)c1cnc2c(F)cc(S(=O)(=O)NCc3ccc4c(c3)OCO4)cc2c1O. The lowest BCUT2D eigenvalue weighted by Gasteiger charge is -2.12. The summed E-state index contributed by atoms with van der Waals surface area (Å²) in [7, 11) is -4.20. The molecular weight excluding hydrogens is 525 g/mol. The molecule has 0 saturated heterocycles. The van der Waals surface area contributed by atoms with E-state index in [4.69, 9.17) is 21.1 Å². The number of carbonyl (C=O) groups is 1. The maximum absolute atomic E-state index is 14.8. The van der Waals surface area contributed by atoms with Crippen LogP contribution in [0.2, 0.25) is 5.02 Å². The van der Waals surface area contributed by atoms with Gasteiger partial charge in [0.25, 0.3) is 5.91 Å². The molecule has 0 saturated carbocycles. The maximum atomic E-state index is 14.8. The highest BCUT2D eigenvalue weighted by atomic mass is 35.5. The lowest BCUT2D eigenvalue weighted by atomic mass is 10.1. The van der Waals surface area contributed by atoms with Gasteiger partial charge in [-0.25, -0.2) is 17.5 Å². The molecule has 4 aromatic rings. The molecule has 0 fully saturated rings. The first-order valence-corrected chi connectivity index (χ1v) is 12.8. The van der Waals surface area contributed by atoms with E-state index in [0.717, 1.165) is 23.9 Å². The predicted molar refractivity (Wildman–Crippen MR) is 133 cm³/mol. The topological polar surface area (TPSA) is 127 Å². The van der Waals surface area contributed by atoms with Gasteiger partial charge in [0.2, 0.25) is 16.8 Å². The van der Waals surface area contributed by atoms with Gasteiger partial charge >= 0.3 is 0 Å². The number of pyridine rings is 1. The van der Waals surface area contributed by atoms with Crippen molar-refractivity contribution in [1.29, 1.82) is 0 Å². The first-order chi connectivity index (χ1) is 17.7. The molecule has 0 bridgehead atoms. The van der Waals surface area contributed by atoms with Crippen LogP contribution in [0.25, 0.3) is 10.9 Å². The number of ether oxygens (including phenoxy) is 2. The number of aromatic nitrogens is 1. The molecule has 0 atom stereocenters. The van der Waals surface area contributed by atoms with E-state index in [0.29, 0.717) is 22.1 Å². The molecule has 2 heterocycles. The largest absolute Gasteiger partial charge is 0.506 e. The zero-order chi connectivity index (χ0) is 26.2. The number of rotatable bonds is 7. The normalized spacial score (nSPS) is 12.6. The molecule has 0 spiro atoms. The van der Waals surface area contributed by atoms with E-state index in [2.05, 4.69) is 15.0 Å². The van der Waals surface area contributed by atoms with Gasteiger partial charge in [0.15, 0.2) is 17.3 Å². The van der Waals surface area contributed by atoms with Crippen LogP contribution in [0.1, 0.15) is 21.5 Å². The molecular formula is C25H19ClFN3O6S. The second kappa shape index (κ2) is 9.85. The average Bonchev–Trinajstić information content (AvgIpc) is 3.35. The Hall–Kier alpha value is -3.93. The number of nitrogens with one attached hydrogen (secondary N) is 2. The van der Waals surface area contributed by atoms with E-state index in [1.54, 1.807) is 42.5 Å². The number of hydrogen-bond donors (Lipinski definition) is 3. The molecule has 0 radical (unpaired) electrons. The number of hydrogen-bond acceptors (Lipinski definition) is 7. The third kappa shape index (κ3) is 5.15. The van der Waals surface area contributed by atoms with Crippen molar-refractivity contribution in [1.82, 2.24) is 15.0 Å². The maximum Gasteiger partial charge on any atom is 0.256 e. The molecule has 1 aromatic heterocycles. The lowest BCUT2D eigenvalue weighted by Crippen LogP contribution is -2.24. The van der Waals surface area contributed by atoms with E-state index in [1.165, 1.54) is 0 Å². The Morgan fingerprint density at radius 1 is 1.03 bits per heavy atom. The minimum atomic E-state index is -4.20. The molecule has 37 heavy (non-hydrogen) atoms. The Morgan fingerprint density at radius 2 is 1.76 bits per heavy atom. The summed E-state index contributed by atoms with van der Waals surface area (Å²) in [6.07, 6.45) is 1.03. The van der Waals surface area contributed by atoms with E-state index in [9.17, 15) is 22.7 Å². The fourth-order valence-electron chi connectivity index (χ4n) is 3.73. The third-order valence-electron chi connectivity index (χ3n) is 5.69. The van der Waals surface area contributed by atoms with Crippen LogP contribution in [0.5, 0.6) is 17.2 Å². The molecule has 5 rings (SSSR count). The minimum Gasteiger partial charge on any atom is -0.506 e. The Labute approximate surface area is 215 Å². The summed E-state index contributed by atoms with van der Waals surface area (Å²) in [6, 6.07) is 13.6. The first-order valence-electron chi connectivity index (χ1n) is 10.9. The van der Waals surface area contributed by atoms with Crippen molar-refractivity contribution in [2.75, 3.05) is 6.79 Å². The molecule has 3 N–H and O–H groups in total. The van der Waals surface area contributed by atoms with Crippen LogP contribution >= 0.6 is 11.6 Å². The Bertz CT molecular complexity index is 1630. The molecule has 3 aromatic carbocycles. The number of aromatic hydroxyl groups is 1. The highest BCUT2D eigenvalue weighted by Crippen LogP contribution is 2.33. The standard InChI is InChI=1S/C25H19ClFN3O6S/c26-16-4-1-14(2-5-16)10-29-25(32)19-12-28-23-18(24(19)31)8-17(9-20(23)27)37(33,34)30-11-15-3-6-21-22(7-15)36-13-35-21/h1-9,12,30H,10-11,13H2,(H,28,31)(H,29,32). The van der Waals surface area contributed by atoms with Gasteiger partial charge < -0.3 is 19.9 Å². The summed E-state index contributed by atoms with van der Waals surface area (Å²) >= 11 is 5.86. The minimum absolute atomic E-state index is 0.0829. The van der Waals surface area contributed by atoms with Crippen LogP contribution in [-0.4, -0.2) is 31.2 Å². The molecule has 1 aliphatic heterocycles. The van der Waals surface area contributed by atoms with E-state index in [-0.39, 0.29) is 36.3 Å². The van der Waals surface area contributed by atoms with Crippen molar-refractivity contribution in [3.05, 3.63) is 88.3 Å². The highest BCUT2D eigenvalue weighted by molar-refractivity contribution is 7.89. The highest BCUT2D eigenvalue weighted by Gasteiger charge is 2.22. The summed E-state index contributed by atoms with van der Waals surface area (Å²) in [5.74, 6) is -1.18. The van der Waals surface area contributed by atoms with Gasteiger partial charge in [-0.1, -0.05) is 29.8 Å². The van der Waals surface area contributed by atoms with Gasteiger partial charge in [-0.05, 0) is 47.5 Å². The van der Waals surface area contributed by atoms with Crippen LogP contribution < -0.4 is 19.5 Å². The van der Waals surface area contributed by atoms with Gasteiger partial charge in [-0.15, -0.1) is 0 Å². The Morgan fingerprint density at radius 3 is 2.54 bits per heavy atom. The Kier molecular flexibility index (Phi) is 6.59. The van der Waals surface area contributed by atoms with Crippen molar-refractivity contribution in [2.45, 2.75) is 18.0 Å². The fraction of sp³-hybridized carbons (Fsp3) is 0.120. The first kappa shape index (κ1) is 24.8. The van der Waals surface area contributed by atoms with Crippen molar-refractivity contribution >= 4 is 38.4 Å².